The van der Waals surface area contributed by atoms with Crippen molar-refractivity contribution in [2.45, 2.75) is 39.7 Å². The number of benzene rings is 1. The van der Waals surface area contributed by atoms with E-state index in [9.17, 15) is 19.1 Å². The lowest BCUT2D eigenvalue weighted by molar-refractivity contribution is -0.139. The number of nitrogens with one attached hydrogen (secondary N) is 1. The van der Waals surface area contributed by atoms with Gasteiger partial charge >= 0.3 is 5.97 Å². The van der Waals surface area contributed by atoms with Crippen LogP contribution in [0, 0.1) is 11.7 Å². The second kappa shape index (κ2) is 7.87. The first-order chi connectivity index (χ1) is 11.8. The van der Waals surface area contributed by atoms with E-state index in [1.54, 1.807) is 12.1 Å². The summed E-state index contributed by atoms with van der Waals surface area (Å²) < 4.78 is 15.3. The monoisotopic (exact) mass is 348 g/mol. The van der Waals surface area contributed by atoms with E-state index in [0.29, 0.717) is 12.2 Å². The first kappa shape index (κ1) is 18.6. The van der Waals surface area contributed by atoms with Crippen LogP contribution < -0.4 is 5.32 Å². The zero-order chi connectivity index (χ0) is 18.6. The Morgan fingerprint density at radius 2 is 2.00 bits per heavy atom. The second-order valence-corrected chi connectivity index (χ2v) is 6.06. The fourth-order valence-corrected chi connectivity index (χ4v) is 2.40. The number of aromatic nitrogens is 3. The van der Waals surface area contributed by atoms with Crippen molar-refractivity contribution in [1.29, 1.82) is 0 Å². The fourth-order valence-electron chi connectivity index (χ4n) is 2.40. The summed E-state index contributed by atoms with van der Waals surface area (Å²) in [4.78, 5) is 27.7. The minimum atomic E-state index is -1.12. The van der Waals surface area contributed by atoms with Crippen LogP contribution >= 0.6 is 0 Å². The van der Waals surface area contributed by atoms with E-state index in [-0.39, 0.29) is 23.9 Å². The highest BCUT2D eigenvalue weighted by Crippen LogP contribution is 2.15. The van der Waals surface area contributed by atoms with Crippen molar-refractivity contribution >= 4 is 11.9 Å². The summed E-state index contributed by atoms with van der Waals surface area (Å²) in [6.45, 7) is 5.53. The Labute approximate surface area is 144 Å². The van der Waals surface area contributed by atoms with Crippen LogP contribution in [-0.4, -0.2) is 37.8 Å². The van der Waals surface area contributed by atoms with Gasteiger partial charge in [0, 0.05) is 6.42 Å². The maximum Gasteiger partial charge on any atom is 0.326 e. The van der Waals surface area contributed by atoms with Gasteiger partial charge < -0.3 is 10.4 Å². The Bertz CT molecular complexity index is 773. The van der Waals surface area contributed by atoms with Crippen LogP contribution in [0.15, 0.2) is 24.3 Å². The van der Waals surface area contributed by atoms with Crippen molar-refractivity contribution < 1.29 is 19.1 Å². The van der Waals surface area contributed by atoms with Crippen molar-refractivity contribution in [3.8, 4) is 5.69 Å². The molecule has 0 saturated heterocycles. The van der Waals surface area contributed by atoms with Crippen molar-refractivity contribution in [2.75, 3.05) is 0 Å². The Hall–Kier alpha value is -2.77. The summed E-state index contributed by atoms with van der Waals surface area (Å²) in [6, 6.07) is 5.00. The molecule has 1 heterocycles. The zero-order valence-corrected chi connectivity index (χ0v) is 14.4. The number of rotatable bonds is 7. The van der Waals surface area contributed by atoms with Gasteiger partial charge in [-0.2, -0.15) is 0 Å². The predicted octanol–water partition coefficient (Wildman–Crippen LogP) is 2.20. The van der Waals surface area contributed by atoms with E-state index in [1.165, 1.54) is 16.8 Å². The normalized spacial score (nSPS) is 12.2. The van der Waals surface area contributed by atoms with Crippen molar-refractivity contribution in [3.05, 3.63) is 41.7 Å². The summed E-state index contributed by atoms with van der Waals surface area (Å²) in [7, 11) is 0. The third-order valence-corrected chi connectivity index (χ3v) is 3.58. The van der Waals surface area contributed by atoms with Crippen LogP contribution in [0.1, 0.15) is 43.6 Å². The molecular formula is C17H21FN4O3. The number of hydrogen-bond donors (Lipinski definition) is 2. The lowest BCUT2D eigenvalue weighted by Gasteiger charge is -2.15. The Balaban J connectivity index is 2.29. The zero-order valence-electron chi connectivity index (χ0n) is 14.4. The van der Waals surface area contributed by atoms with Crippen LogP contribution in [0.3, 0.4) is 0 Å². The van der Waals surface area contributed by atoms with Gasteiger partial charge in [0.1, 0.15) is 23.4 Å². The Morgan fingerprint density at radius 1 is 1.32 bits per heavy atom. The second-order valence-electron chi connectivity index (χ2n) is 6.06. The molecule has 2 aromatic rings. The molecule has 0 aliphatic heterocycles. The van der Waals surface area contributed by atoms with E-state index in [1.807, 2.05) is 20.8 Å². The maximum atomic E-state index is 14.0. The number of para-hydroxylation sites is 1. The number of carbonyl (C=O) groups excluding carboxylic acids is 1. The third kappa shape index (κ3) is 4.40. The smallest absolute Gasteiger partial charge is 0.326 e. The lowest BCUT2D eigenvalue weighted by atomic mass is 10.0. The van der Waals surface area contributed by atoms with Gasteiger partial charge in [-0.15, -0.1) is 5.10 Å². The summed E-state index contributed by atoms with van der Waals surface area (Å²) in [5.74, 6) is -1.99. The van der Waals surface area contributed by atoms with Crippen molar-refractivity contribution in [1.82, 2.24) is 20.1 Å². The molecule has 25 heavy (non-hydrogen) atoms. The molecule has 0 spiro atoms. The van der Waals surface area contributed by atoms with Crippen LogP contribution in [0.2, 0.25) is 0 Å². The van der Waals surface area contributed by atoms with Gasteiger partial charge in [0.05, 0.1) is 0 Å². The molecule has 0 bridgehead atoms. The van der Waals surface area contributed by atoms with E-state index < -0.39 is 23.7 Å². The molecule has 1 amide bonds. The van der Waals surface area contributed by atoms with E-state index in [4.69, 9.17) is 0 Å². The highest BCUT2D eigenvalue weighted by Gasteiger charge is 2.25. The van der Waals surface area contributed by atoms with Gasteiger partial charge in [0.2, 0.25) is 5.82 Å². The number of aliphatic carboxylic acids is 1. The molecule has 0 fully saturated rings. The number of carboxylic acids is 1. The van der Waals surface area contributed by atoms with Gasteiger partial charge in [-0.05, 0) is 24.5 Å². The molecule has 0 radical (unpaired) electrons. The first-order valence-electron chi connectivity index (χ1n) is 8.08. The van der Waals surface area contributed by atoms with Gasteiger partial charge in [0.15, 0.2) is 0 Å². The number of aryl methyl sites for hydroxylation is 1. The molecule has 2 rings (SSSR count). The van der Waals surface area contributed by atoms with E-state index in [0.717, 1.165) is 0 Å². The Kier molecular flexibility index (Phi) is 5.84. The predicted molar refractivity (Wildman–Crippen MR) is 89.0 cm³/mol. The van der Waals surface area contributed by atoms with Crippen LogP contribution in [0.25, 0.3) is 5.69 Å². The fraction of sp³-hybridized carbons (Fsp3) is 0.412. The van der Waals surface area contributed by atoms with Gasteiger partial charge in [-0.1, -0.05) is 32.9 Å². The number of amides is 1. The topological polar surface area (TPSA) is 97.1 Å². The molecule has 0 saturated carbocycles. The van der Waals surface area contributed by atoms with Gasteiger partial charge in [0.25, 0.3) is 5.91 Å². The molecule has 1 aromatic carbocycles. The lowest BCUT2D eigenvalue weighted by Crippen LogP contribution is -2.42. The molecule has 1 unspecified atom stereocenters. The van der Waals surface area contributed by atoms with Crippen molar-refractivity contribution in [2.24, 2.45) is 5.92 Å². The molecule has 134 valence electrons. The molecule has 0 aliphatic carbocycles. The van der Waals surface area contributed by atoms with E-state index in [2.05, 4.69) is 15.4 Å². The van der Waals surface area contributed by atoms with Crippen LogP contribution in [0.5, 0.6) is 0 Å². The Morgan fingerprint density at radius 3 is 2.56 bits per heavy atom. The average molecular weight is 348 g/mol. The van der Waals surface area contributed by atoms with Gasteiger partial charge in [-0.25, -0.2) is 18.9 Å². The molecule has 1 atom stereocenters. The average Bonchev–Trinajstić information content (AvgIpc) is 2.98. The minimum absolute atomic E-state index is 0.0940. The standard InChI is InChI=1S/C17H21FN4O3/c1-4-14-20-15(16(23)19-12(17(24)25)9-10(2)3)21-22(14)13-8-6-5-7-11(13)18/h5-8,10,12H,4,9H2,1-3H3,(H,19,23)(H,24,25). The molecular weight excluding hydrogens is 327 g/mol. The molecule has 2 N–H and O–H groups in total. The molecule has 0 aliphatic rings. The van der Waals surface area contributed by atoms with Crippen LogP contribution in [-0.2, 0) is 11.2 Å². The minimum Gasteiger partial charge on any atom is -0.480 e. The molecule has 8 heteroatoms. The van der Waals surface area contributed by atoms with E-state index >= 15 is 0 Å². The summed E-state index contributed by atoms with van der Waals surface area (Å²) >= 11 is 0. The van der Waals surface area contributed by atoms with Crippen molar-refractivity contribution in [3.63, 3.8) is 0 Å². The molecule has 7 nitrogen and oxygen atoms in total. The highest BCUT2D eigenvalue weighted by molar-refractivity contribution is 5.93. The number of hydrogen-bond acceptors (Lipinski definition) is 4. The molecule has 1 aromatic heterocycles. The quantitative estimate of drug-likeness (QED) is 0.799. The number of halogens is 1. The third-order valence-electron chi connectivity index (χ3n) is 3.58. The van der Waals surface area contributed by atoms with Crippen LogP contribution in [0.4, 0.5) is 4.39 Å². The summed E-state index contributed by atoms with van der Waals surface area (Å²) in [5.41, 5.74) is 0.183. The highest BCUT2D eigenvalue weighted by atomic mass is 19.1. The largest absolute Gasteiger partial charge is 0.480 e. The number of carbonyl (C=O) groups is 2. The van der Waals surface area contributed by atoms with Gasteiger partial charge in [-0.3, -0.25) is 4.79 Å². The SMILES string of the molecule is CCc1nc(C(=O)NC(CC(C)C)C(=O)O)nn1-c1ccccc1F. The summed E-state index contributed by atoms with van der Waals surface area (Å²) in [6.07, 6.45) is 0.721. The number of nitrogens with zero attached hydrogens (tertiary/aromatic N) is 3. The number of carboxylic acid groups (broad SMARTS) is 1. The maximum absolute atomic E-state index is 14.0. The summed E-state index contributed by atoms with van der Waals surface area (Å²) in [5, 5.41) is 15.7. The first-order valence-corrected chi connectivity index (χ1v) is 8.08.